The minimum absolute atomic E-state index is 0.0112. The molecule has 0 atom stereocenters. The molecule has 0 spiro atoms. The van der Waals surface area contributed by atoms with E-state index in [2.05, 4.69) is 19.0 Å². The van der Waals surface area contributed by atoms with E-state index in [1.54, 1.807) is 0 Å². The summed E-state index contributed by atoms with van der Waals surface area (Å²) in [5.41, 5.74) is -6.33. The van der Waals surface area contributed by atoms with Crippen LogP contribution in [0.1, 0.15) is 161 Å². The summed E-state index contributed by atoms with van der Waals surface area (Å²) in [5.74, 6) is -31.2. The van der Waals surface area contributed by atoms with Crippen LogP contribution >= 0.6 is 11.3 Å². The third-order valence-corrected chi connectivity index (χ3v) is 14.8. The predicted octanol–water partition coefficient (Wildman–Crippen LogP) is 12.0. The van der Waals surface area contributed by atoms with Gasteiger partial charge in [-0.15, -0.1) is 11.3 Å². The number of hydrogen-bond donors (Lipinski definition) is 0. The zero-order valence-corrected chi connectivity index (χ0v) is 40.7. The number of benzene rings is 4. The van der Waals surface area contributed by atoms with Crippen LogP contribution in [0.15, 0.2) is 12.1 Å². The number of thiophene rings is 1. The first kappa shape index (κ1) is 52.8. The lowest BCUT2D eigenvalue weighted by Gasteiger charge is -2.34. The van der Waals surface area contributed by atoms with E-state index in [0.29, 0.717) is 12.8 Å². The fraction of sp³-hybridized carbons (Fsp3) is 0.385. The molecule has 5 aromatic rings. The minimum atomic E-state index is -2.52. The second kappa shape index (κ2) is 20.8. The number of hydrogen-bond acceptors (Lipinski definition) is 8. The van der Waals surface area contributed by atoms with Gasteiger partial charge in [-0.1, -0.05) is 64.2 Å². The molecule has 386 valence electrons. The molecule has 8 rings (SSSR count). The number of unbranched alkanes of at least 4 members (excludes halogenated alkanes) is 11. The quantitative estimate of drug-likeness (QED) is 0.0251. The van der Waals surface area contributed by atoms with Crippen molar-refractivity contribution in [3.8, 4) is 10.4 Å². The van der Waals surface area contributed by atoms with E-state index in [1.165, 1.54) is 46.0 Å². The molecular weight excluding hydrogens is 999 g/mol. The lowest BCUT2D eigenvalue weighted by molar-refractivity contribution is 0.0572. The van der Waals surface area contributed by atoms with Gasteiger partial charge in [-0.3, -0.25) is 43.5 Å². The van der Waals surface area contributed by atoms with Crippen LogP contribution in [-0.4, -0.2) is 82.2 Å². The molecule has 4 heterocycles. The summed E-state index contributed by atoms with van der Waals surface area (Å²) in [6.45, 7) is 0.675. The maximum absolute atomic E-state index is 15.2. The topological polar surface area (TPSA) is 115 Å². The van der Waals surface area contributed by atoms with Gasteiger partial charge in [0.1, 0.15) is 0 Å². The van der Waals surface area contributed by atoms with Gasteiger partial charge in [0.05, 0.1) is 35.3 Å². The zero-order valence-electron chi connectivity index (χ0n) is 39.9. The molecule has 0 aliphatic carbocycles. The van der Waals surface area contributed by atoms with Crippen molar-refractivity contribution in [1.29, 1.82) is 0 Å². The number of amides is 6. The molecular formula is C52H46F10N4O6S. The molecule has 3 aliphatic rings. The van der Waals surface area contributed by atoms with Gasteiger partial charge in [-0.05, 0) is 65.0 Å². The summed E-state index contributed by atoms with van der Waals surface area (Å²) in [4.78, 5) is 90.1. The fourth-order valence-corrected chi connectivity index (χ4v) is 11.1. The molecule has 0 bridgehead atoms. The summed E-state index contributed by atoms with van der Waals surface area (Å²) in [6.07, 6.45) is 12.1. The first-order valence-electron chi connectivity index (χ1n) is 23.6. The van der Waals surface area contributed by atoms with Gasteiger partial charge in [0, 0.05) is 54.9 Å². The monoisotopic (exact) mass is 1040 g/mol. The summed E-state index contributed by atoms with van der Waals surface area (Å²) >= 11 is 0.776. The van der Waals surface area contributed by atoms with Crippen molar-refractivity contribution in [3.05, 3.63) is 125 Å². The standard InChI is InChI=1S/C52H46F10N4O6S/c1-23-19-26-33-32-27(48(68)65(49(69)30(23)32)21-28-36(53)40(57)44(61)41(58)37(28)54)20-25(34(33)51(71)66(47(26)67)22-29-38(55)42(59)45(62)43(60)39(29)56)46-35-31(24(2)73-46)50(70)64(52(35)72)18-16-14-12-10-8-6-5-7-9-11-13-15-17-63(3)4/h19-20H,5-18,21-22H2,1-4H3. The molecule has 10 nitrogen and oxygen atoms in total. The number of carbonyl (C=O) groups is 6. The highest BCUT2D eigenvalue weighted by Crippen LogP contribution is 2.49. The van der Waals surface area contributed by atoms with E-state index in [-0.39, 0.29) is 42.8 Å². The smallest absolute Gasteiger partial charge is 0.263 e. The summed E-state index contributed by atoms with van der Waals surface area (Å²) in [7, 11) is 4.12. The van der Waals surface area contributed by atoms with Crippen LogP contribution in [-0.2, 0) is 13.1 Å². The molecule has 0 unspecified atom stereocenters. The Kier molecular flexibility index (Phi) is 15.1. The molecule has 21 heteroatoms. The Morgan fingerprint density at radius 3 is 1.25 bits per heavy atom. The van der Waals surface area contributed by atoms with Gasteiger partial charge in [0.2, 0.25) is 11.6 Å². The second-order valence-electron chi connectivity index (χ2n) is 18.7. The van der Waals surface area contributed by atoms with Crippen molar-refractivity contribution in [2.45, 2.75) is 104 Å². The molecule has 0 saturated carbocycles. The van der Waals surface area contributed by atoms with Crippen LogP contribution in [0.25, 0.3) is 21.2 Å². The largest absolute Gasteiger partial charge is 0.309 e. The summed E-state index contributed by atoms with van der Waals surface area (Å²) < 4.78 is 147. The van der Waals surface area contributed by atoms with Gasteiger partial charge >= 0.3 is 0 Å². The third kappa shape index (κ3) is 9.09. The average Bonchev–Trinajstić information content (AvgIpc) is 3.83. The molecule has 0 radical (unpaired) electrons. The van der Waals surface area contributed by atoms with Gasteiger partial charge in [-0.25, -0.2) is 43.9 Å². The number of rotatable bonds is 20. The highest BCUT2D eigenvalue weighted by Gasteiger charge is 2.47. The average molecular weight is 1050 g/mol. The minimum Gasteiger partial charge on any atom is -0.309 e. The SMILES string of the molecule is Cc1cc2c3c(c(-c4sc(C)c5c4C(=O)N(CCCCCCCCCCCCCCN(C)C)C5=O)cc4c3c1C(=O)N(Cc1c(F)c(F)c(F)c(F)c1F)C4=O)C(=O)N(Cc1c(F)c(F)c(F)c(F)c1F)C2=O. The van der Waals surface area contributed by atoms with Gasteiger partial charge in [0.15, 0.2) is 46.5 Å². The number of aryl methyl sites for hydroxylation is 2. The lowest BCUT2D eigenvalue weighted by Crippen LogP contribution is -2.44. The molecule has 0 N–H and O–H groups in total. The maximum atomic E-state index is 15.2. The summed E-state index contributed by atoms with van der Waals surface area (Å²) in [5, 5.41) is -0.909. The van der Waals surface area contributed by atoms with E-state index >= 15 is 17.6 Å². The number of halogens is 10. The van der Waals surface area contributed by atoms with E-state index < -0.39 is 156 Å². The normalized spacial score (nSPS) is 14.4. The Labute approximate surface area is 415 Å². The van der Waals surface area contributed by atoms with Crippen molar-refractivity contribution in [3.63, 3.8) is 0 Å². The highest BCUT2D eigenvalue weighted by molar-refractivity contribution is 7.16. The van der Waals surface area contributed by atoms with Crippen molar-refractivity contribution in [2.75, 3.05) is 27.2 Å². The van der Waals surface area contributed by atoms with Crippen molar-refractivity contribution in [1.82, 2.24) is 19.6 Å². The number of imide groups is 3. The van der Waals surface area contributed by atoms with Crippen LogP contribution in [0.2, 0.25) is 0 Å². The molecule has 0 saturated heterocycles. The van der Waals surface area contributed by atoms with Crippen molar-refractivity contribution < 1.29 is 72.7 Å². The molecule has 6 amide bonds. The van der Waals surface area contributed by atoms with E-state index in [4.69, 9.17) is 0 Å². The second-order valence-corrected chi connectivity index (χ2v) is 20.0. The van der Waals surface area contributed by atoms with Gasteiger partial charge in [0.25, 0.3) is 35.4 Å². The Balaban J connectivity index is 1.15. The van der Waals surface area contributed by atoms with Crippen molar-refractivity contribution >= 4 is 57.6 Å². The maximum Gasteiger partial charge on any atom is 0.263 e. The zero-order chi connectivity index (χ0) is 53.1. The first-order chi connectivity index (χ1) is 34.6. The molecule has 73 heavy (non-hydrogen) atoms. The first-order valence-corrected chi connectivity index (χ1v) is 24.5. The van der Waals surface area contributed by atoms with Crippen LogP contribution in [0.3, 0.4) is 0 Å². The Morgan fingerprint density at radius 1 is 0.411 bits per heavy atom. The predicted molar refractivity (Wildman–Crippen MR) is 247 cm³/mol. The lowest BCUT2D eigenvalue weighted by atomic mass is 9.80. The van der Waals surface area contributed by atoms with Crippen LogP contribution in [0.5, 0.6) is 0 Å². The Hall–Kier alpha value is -6.48. The highest BCUT2D eigenvalue weighted by atomic mass is 32.1. The molecule has 3 aliphatic heterocycles. The van der Waals surface area contributed by atoms with Crippen LogP contribution in [0.4, 0.5) is 43.9 Å². The van der Waals surface area contributed by atoms with Crippen LogP contribution < -0.4 is 0 Å². The van der Waals surface area contributed by atoms with Crippen molar-refractivity contribution in [2.24, 2.45) is 0 Å². The van der Waals surface area contributed by atoms with Gasteiger partial charge < -0.3 is 4.90 Å². The molecule has 1 aromatic heterocycles. The van der Waals surface area contributed by atoms with E-state index in [9.17, 15) is 55.1 Å². The Bertz CT molecular complexity index is 3150. The van der Waals surface area contributed by atoms with Gasteiger partial charge in [-0.2, -0.15) is 0 Å². The fourth-order valence-electron chi connectivity index (χ4n) is 9.94. The van der Waals surface area contributed by atoms with E-state index in [1.807, 2.05) is 0 Å². The van der Waals surface area contributed by atoms with Crippen LogP contribution in [0, 0.1) is 72.0 Å². The summed E-state index contributed by atoms with van der Waals surface area (Å²) in [6, 6.07) is 1.93. The number of nitrogens with zero attached hydrogens (tertiary/aromatic N) is 4. The number of carbonyl (C=O) groups excluding carboxylic acids is 6. The van der Waals surface area contributed by atoms with E-state index in [0.717, 1.165) is 67.0 Å². The third-order valence-electron chi connectivity index (χ3n) is 13.7. The Morgan fingerprint density at radius 2 is 0.781 bits per heavy atom. The number of fused-ring (bicyclic) bond motifs is 1. The molecule has 0 fully saturated rings. The molecule has 4 aromatic carbocycles.